The minimum Gasteiger partial charge on any atom is -0.440 e. The Bertz CT molecular complexity index is 855. The zero-order valence-corrected chi connectivity index (χ0v) is 15.3. The van der Waals surface area contributed by atoms with Crippen LogP contribution in [0.25, 0.3) is 11.1 Å². The molecule has 1 atom stereocenters. The Kier molecular flexibility index (Phi) is 4.56. The van der Waals surface area contributed by atoms with Crippen LogP contribution >= 0.6 is 0 Å². The van der Waals surface area contributed by atoms with Crippen molar-refractivity contribution >= 4 is 20.9 Å². The summed E-state index contributed by atoms with van der Waals surface area (Å²) in [6.07, 6.45) is 3.22. The fourth-order valence-electron chi connectivity index (χ4n) is 3.83. The summed E-state index contributed by atoms with van der Waals surface area (Å²) in [5.74, 6) is 1.10. The predicted molar refractivity (Wildman–Crippen MR) is 94.5 cm³/mol. The minimum absolute atomic E-state index is 0.0892. The normalized spacial score (nSPS) is 23.5. The first-order valence-electron chi connectivity index (χ1n) is 9.02. The van der Waals surface area contributed by atoms with E-state index in [1.165, 1.54) is 0 Å². The van der Waals surface area contributed by atoms with Gasteiger partial charge in [0.15, 0.2) is 21.3 Å². The highest BCUT2D eigenvalue weighted by molar-refractivity contribution is 7.91. The number of nitrogens with zero attached hydrogens (tertiary/aromatic N) is 2. The number of likely N-dealkylation sites (tertiary alicyclic amines) is 1. The molecule has 1 aromatic heterocycles. The van der Waals surface area contributed by atoms with Crippen LogP contribution in [0.1, 0.15) is 38.0 Å². The Morgan fingerprint density at radius 3 is 2.80 bits per heavy atom. The molecule has 2 aliphatic heterocycles. The number of hydrogen-bond donors (Lipinski definition) is 0. The molecule has 0 radical (unpaired) electrons. The highest BCUT2D eigenvalue weighted by Gasteiger charge is 2.32. The van der Waals surface area contributed by atoms with Crippen LogP contribution in [0.4, 0.5) is 0 Å². The number of benzene rings is 1. The Balaban J connectivity index is 1.54. The van der Waals surface area contributed by atoms with Gasteiger partial charge in [0.1, 0.15) is 5.52 Å². The number of ether oxygens (including phenoxy) is 1. The zero-order valence-electron chi connectivity index (χ0n) is 14.5. The molecule has 3 heterocycles. The fourth-order valence-corrected chi connectivity index (χ4v) is 4.73. The molecule has 2 aromatic rings. The van der Waals surface area contributed by atoms with Crippen LogP contribution in [-0.2, 0) is 14.6 Å². The first-order chi connectivity index (χ1) is 12.1. The first-order valence-corrected chi connectivity index (χ1v) is 10.7. The van der Waals surface area contributed by atoms with E-state index in [9.17, 15) is 8.42 Å². The molecule has 0 saturated carbocycles. The summed E-state index contributed by atoms with van der Waals surface area (Å²) in [7, 11) is -3.22. The summed E-state index contributed by atoms with van der Waals surface area (Å²) in [5.41, 5.74) is 1.30. The van der Waals surface area contributed by atoms with Gasteiger partial charge in [-0.05, 0) is 44.0 Å². The minimum atomic E-state index is -3.22. The van der Waals surface area contributed by atoms with Crippen LogP contribution in [0, 0.1) is 0 Å². The molecule has 25 heavy (non-hydrogen) atoms. The summed E-state index contributed by atoms with van der Waals surface area (Å²) in [6.45, 7) is 5.37. The smallest absolute Gasteiger partial charge is 0.199 e. The number of sulfone groups is 1. The predicted octanol–water partition coefficient (Wildman–Crippen LogP) is 2.59. The Labute approximate surface area is 148 Å². The number of oxazole rings is 1. The second-order valence-corrected chi connectivity index (χ2v) is 9.19. The molecule has 0 aliphatic carbocycles. The van der Waals surface area contributed by atoms with Gasteiger partial charge in [0.05, 0.1) is 10.6 Å². The summed E-state index contributed by atoms with van der Waals surface area (Å²) in [4.78, 5) is 7.44. The van der Waals surface area contributed by atoms with Crippen molar-refractivity contribution in [2.24, 2.45) is 0 Å². The number of aromatic nitrogens is 1. The molecule has 4 rings (SSSR count). The van der Waals surface area contributed by atoms with E-state index in [1.54, 1.807) is 25.1 Å². The lowest BCUT2D eigenvalue weighted by Crippen LogP contribution is -2.37. The van der Waals surface area contributed by atoms with Crippen LogP contribution in [0.15, 0.2) is 27.5 Å². The van der Waals surface area contributed by atoms with E-state index in [1.807, 2.05) is 0 Å². The largest absolute Gasteiger partial charge is 0.440 e. The van der Waals surface area contributed by atoms with Crippen molar-refractivity contribution in [3.05, 3.63) is 24.1 Å². The monoisotopic (exact) mass is 364 g/mol. The van der Waals surface area contributed by atoms with Gasteiger partial charge in [0, 0.05) is 31.7 Å². The van der Waals surface area contributed by atoms with Crippen molar-refractivity contribution in [3.63, 3.8) is 0 Å². The molecule has 7 heteroatoms. The van der Waals surface area contributed by atoms with E-state index in [2.05, 4.69) is 9.88 Å². The van der Waals surface area contributed by atoms with Gasteiger partial charge >= 0.3 is 0 Å². The molecule has 2 fully saturated rings. The summed E-state index contributed by atoms with van der Waals surface area (Å²) in [5, 5.41) is 0. The fraction of sp³-hybridized carbons (Fsp3) is 0.611. The first kappa shape index (κ1) is 17.0. The summed E-state index contributed by atoms with van der Waals surface area (Å²) < 4.78 is 35.5. The molecule has 2 saturated heterocycles. The Hall–Kier alpha value is -1.44. The SMILES string of the molecule is CCS(=O)(=O)c1ccc2oc(C3CCN(C4CCOCC4)C3)nc2c1. The number of fused-ring (bicyclic) bond motifs is 1. The molecular formula is C18H24N2O4S. The van der Waals surface area contributed by atoms with Crippen molar-refractivity contribution in [3.8, 4) is 0 Å². The topological polar surface area (TPSA) is 72.6 Å². The van der Waals surface area contributed by atoms with Gasteiger partial charge in [-0.25, -0.2) is 13.4 Å². The van der Waals surface area contributed by atoms with Crippen LogP contribution in [0.5, 0.6) is 0 Å². The summed E-state index contributed by atoms with van der Waals surface area (Å²) in [6, 6.07) is 5.56. The van der Waals surface area contributed by atoms with Crippen LogP contribution in [-0.4, -0.2) is 56.4 Å². The van der Waals surface area contributed by atoms with Gasteiger partial charge in [-0.2, -0.15) is 0 Å². The molecule has 1 aromatic carbocycles. The third kappa shape index (κ3) is 3.32. The van der Waals surface area contributed by atoms with Gasteiger partial charge in [0.2, 0.25) is 0 Å². The molecule has 0 bridgehead atoms. The molecule has 136 valence electrons. The van der Waals surface area contributed by atoms with E-state index in [0.717, 1.165) is 51.5 Å². The zero-order chi connectivity index (χ0) is 17.4. The van der Waals surface area contributed by atoms with Crippen LogP contribution < -0.4 is 0 Å². The van der Waals surface area contributed by atoms with Crippen molar-refractivity contribution in [1.82, 2.24) is 9.88 Å². The van der Waals surface area contributed by atoms with Crippen LogP contribution in [0.3, 0.4) is 0 Å². The molecular weight excluding hydrogens is 340 g/mol. The highest BCUT2D eigenvalue weighted by atomic mass is 32.2. The maximum absolute atomic E-state index is 12.1. The van der Waals surface area contributed by atoms with Crippen molar-refractivity contribution in [1.29, 1.82) is 0 Å². The average molecular weight is 364 g/mol. The maximum atomic E-state index is 12.1. The van der Waals surface area contributed by atoms with Gasteiger partial charge in [-0.15, -0.1) is 0 Å². The molecule has 1 unspecified atom stereocenters. The van der Waals surface area contributed by atoms with Gasteiger partial charge in [-0.3, -0.25) is 4.90 Å². The highest BCUT2D eigenvalue weighted by Crippen LogP contribution is 2.32. The second-order valence-electron chi connectivity index (χ2n) is 6.91. The molecule has 0 N–H and O–H groups in total. The Morgan fingerprint density at radius 1 is 1.24 bits per heavy atom. The van der Waals surface area contributed by atoms with Crippen LogP contribution in [0.2, 0.25) is 0 Å². The number of hydrogen-bond acceptors (Lipinski definition) is 6. The standard InChI is InChI=1S/C18H24N2O4S/c1-2-25(21,22)15-3-4-17-16(11-15)19-18(24-17)13-5-8-20(12-13)14-6-9-23-10-7-14/h3-4,11,13-14H,2,5-10,12H2,1H3. The lowest BCUT2D eigenvalue weighted by Gasteiger charge is -2.30. The van der Waals surface area contributed by atoms with Crippen molar-refractivity contribution in [2.75, 3.05) is 32.1 Å². The van der Waals surface area contributed by atoms with E-state index in [0.29, 0.717) is 22.0 Å². The third-order valence-corrected chi connectivity index (χ3v) is 7.12. The second kappa shape index (κ2) is 6.70. The summed E-state index contributed by atoms with van der Waals surface area (Å²) >= 11 is 0. The van der Waals surface area contributed by atoms with Gasteiger partial charge in [-0.1, -0.05) is 6.92 Å². The molecule has 0 amide bonds. The molecule has 0 spiro atoms. The lowest BCUT2D eigenvalue weighted by molar-refractivity contribution is 0.0417. The number of rotatable bonds is 4. The Morgan fingerprint density at radius 2 is 2.04 bits per heavy atom. The average Bonchev–Trinajstić information content (AvgIpc) is 3.28. The lowest BCUT2D eigenvalue weighted by atomic mass is 10.1. The van der Waals surface area contributed by atoms with Crippen molar-refractivity contribution < 1.29 is 17.6 Å². The van der Waals surface area contributed by atoms with E-state index < -0.39 is 9.84 Å². The van der Waals surface area contributed by atoms with E-state index in [-0.39, 0.29) is 11.7 Å². The van der Waals surface area contributed by atoms with E-state index >= 15 is 0 Å². The van der Waals surface area contributed by atoms with E-state index in [4.69, 9.17) is 9.15 Å². The van der Waals surface area contributed by atoms with Gasteiger partial charge in [0.25, 0.3) is 0 Å². The van der Waals surface area contributed by atoms with Gasteiger partial charge < -0.3 is 9.15 Å². The third-order valence-electron chi connectivity index (χ3n) is 5.39. The van der Waals surface area contributed by atoms with Crippen molar-refractivity contribution in [2.45, 2.75) is 43.0 Å². The quantitative estimate of drug-likeness (QED) is 0.830. The molecule has 6 nitrogen and oxygen atoms in total. The maximum Gasteiger partial charge on any atom is 0.199 e. The molecule has 2 aliphatic rings.